The van der Waals surface area contributed by atoms with Crippen LogP contribution in [-0.2, 0) is 13.0 Å². The van der Waals surface area contributed by atoms with Crippen LogP contribution in [-0.4, -0.2) is 14.9 Å². The molecule has 0 unspecified atom stereocenters. The van der Waals surface area contributed by atoms with Crippen LogP contribution in [0.1, 0.15) is 37.5 Å². The monoisotopic (exact) mass is 277 g/mol. The van der Waals surface area contributed by atoms with Gasteiger partial charge in [0.15, 0.2) is 0 Å². The van der Waals surface area contributed by atoms with Gasteiger partial charge in [-0.3, -0.25) is 0 Å². The molecule has 1 aliphatic heterocycles. The van der Waals surface area contributed by atoms with Crippen LogP contribution in [0, 0.1) is 6.92 Å². The van der Waals surface area contributed by atoms with Crippen LogP contribution in [0.15, 0.2) is 12.1 Å². The molecule has 1 aliphatic rings. The van der Waals surface area contributed by atoms with E-state index < -0.39 is 8.32 Å². The average Bonchev–Trinajstić information content (AvgIpc) is 2.28. The Bertz CT molecular complexity index is 474. The zero-order valence-electron chi connectivity index (χ0n) is 13.2. The zero-order valence-corrected chi connectivity index (χ0v) is 14.2. The second-order valence-corrected chi connectivity index (χ2v) is 11.9. The predicted octanol–water partition coefficient (Wildman–Crippen LogP) is 4.02. The van der Waals surface area contributed by atoms with Crippen LogP contribution in [0.3, 0.4) is 0 Å². The quantitative estimate of drug-likeness (QED) is 0.824. The van der Waals surface area contributed by atoms with Crippen molar-refractivity contribution in [3.63, 3.8) is 0 Å². The molecule has 19 heavy (non-hydrogen) atoms. The van der Waals surface area contributed by atoms with Gasteiger partial charge in [-0.2, -0.15) is 0 Å². The summed E-state index contributed by atoms with van der Waals surface area (Å²) in [6, 6.07) is 4.58. The molecule has 1 N–H and O–H groups in total. The number of fused-ring (bicyclic) bond motifs is 1. The van der Waals surface area contributed by atoms with Gasteiger partial charge < -0.3 is 9.74 Å². The second kappa shape index (κ2) is 4.95. The van der Waals surface area contributed by atoms with Gasteiger partial charge in [-0.25, -0.2) is 0 Å². The maximum absolute atomic E-state index is 6.48. The van der Waals surface area contributed by atoms with Crippen LogP contribution in [0.4, 0.5) is 0 Å². The molecule has 106 valence electrons. The first-order valence-electron chi connectivity index (χ1n) is 7.23. The molecule has 0 bridgehead atoms. The smallest absolute Gasteiger partial charge is 0.250 e. The van der Waals surface area contributed by atoms with E-state index >= 15 is 0 Å². The van der Waals surface area contributed by atoms with Gasteiger partial charge in [0.25, 0.3) is 0 Å². The molecule has 0 spiro atoms. The van der Waals surface area contributed by atoms with E-state index in [-0.39, 0.29) is 5.04 Å². The fraction of sp³-hybridized carbons (Fsp3) is 0.625. The Hall–Kier alpha value is -0.803. The van der Waals surface area contributed by atoms with E-state index in [0.717, 1.165) is 25.3 Å². The third-order valence-electron chi connectivity index (χ3n) is 4.56. The molecule has 1 aromatic rings. The van der Waals surface area contributed by atoms with Crippen molar-refractivity contribution >= 4 is 8.32 Å². The van der Waals surface area contributed by atoms with E-state index in [1.807, 2.05) is 0 Å². The van der Waals surface area contributed by atoms with Crippen molar-refractivity contribution in [2.24, 2.45) is 0 Å². The summed E-state index contributed by atoms with van der Waals surface area (Å²) in [5.74, 6) is 1.10. The van der Waals surface area contributed by atoms with Gasteiger partial charge in [-0.05, 0) is 60.8 Å². The van der Waals surface area contributed by atoms with E-state index in [4.69, 9.17) is 4.43 Å². The first-order chi connectivity index (χ1) is 8.71. The van der Waals surface area contributed by atoms with Crippen LogP contribution in [0.2, 0.25) is 18.1 Å². The number of hydrogen-bond acceptors (Lipinski definition) is 2. The van der Waals surface area contributed by atoms with Crippen molar-refractivity contribution in [1.29, 1.82) is 0 Å². The number of benzene rings is 1. The zero-order chi connectivity index (χ0) is 14.3. The molecular weight excluding hydrogens is 250 g/mol. The van der Waals surface area contributed by atoms with Crippen molar-refractivity contribution in [3.05, 3.63) is 28.8 Å². The first kappa shape index (κ1) is 14.6. The fourth-order valence-corrected chi connectivity index (χ4v) is 3.25. The molecule has 0 saturated carbocycles. The molecule has 0 atom stereocenters. The molecule has 1 aromatic carbocycles. The standard InChI is InChI=1S/C16H27NOSi/c1-12-9-14-11-17-8-7-13(14)10-15(12)18-19(5,6)16(2,3)4/h9-10,17H,7-8,11H2,1-6H3. The fourth-order valence-electron chi connectivity index (χ4n) is 2.17. The SMILES string of the molecule is Cc1cc2c(cc1O[Si](C)(C)C(C)(C)C)CCNC2. The van der Waals surface area contributed by atoms with E-state index in [1.54, 1.807) is 0 Å². The molecule has 1 heterocycles. The van der Waals surface area contributed by atoms with E-state index in [1.165, 1.54) is 16.7 Å². The third-order valence-corrected chi connectivity index (χ3v) is 8.90. The van der Waals surface area contributed by atoms with E-state index in [2.05, 4.69) is 58.2 Å². The summed E-state index contributed by atoms with van der Waals surface area (Å²) in [5, 5.41) is 3.67. The Kier molecular flexibility index (Phi) is 3.80. The Morgan fingerprint density at radius 1 is 1.16 bits per heavy atom. The summed E-state index contributed by atoms with van der Waals surface area (Å²) in [7, 11) is -1.74. The number of aryl methyl sites for hydroxylation is 1. The molecule has 0 amide bonds. The highest BCUT2D eigenvalue weighted by molar-refractivity contribution is 6.74. The summed E-state index contributed by atoms with van der Waals surface area (Å²) in [5.41, 5.74) is 4.16. The summed E-state index contributed by atoms with van der Waals surface area (Å²) >= 11 is 0. The van der Waals surface area contributed by atoms with Gasteiger partial charge in [0.1, 0.15) is 5.75 Å². The molecule has 3 heteroatoms. The summed E-state index contributed by atoms with van der Waals surface area (Å²) < 4.78 is 6.48. The summed E-state index contributed by atoms with van der Waals surface area (Å²) in [4.78, 5) is 0. The minimum Gasteiger partial charge on any atom is -0.543 e. The maximum atomic E-state index is 6.48. The number of rotatable bonds is 2. The maximum Gasteiger partial charge on any atom is 0.250 e. The summed E-state index contributed by atoms with van der Waals surface area (Å²) in [6.07, 6.45) is 1.11. The lowest BCUT2D eigenvalue weighted by Gasteiger charge is -2.37. The van der Waals surface area contributed by atoms with Crippen molar-refractivity contribution in [2.45, 2.75) is 58.8 Å². The lowest BCUT2D eigenvalue weighted by molar-refractivity contribution is 0.487. The minimum atomic E-state index is -1.74. The van der Waals surface area contributed by atoms with Gasteiger partial charge in [-0.1, -0.05) is 26.8 Å². The highest BCUT2D eigenvalue weighted by Gasteiger charge is 2.39. The number of nitrogens with one attached hydrogen (secondary N) is 1. The van der Waals surface area contributed by atoms with Gasteiger partial charge >= 0.3 is 0 Å². The highest BCUT2D eigenvalue weighted by Crippen LogP contribution is 2.38. The predicted molar refractivity (Wildman–Crippen MR) is 84.4 cm³/mol. The lowest BCUT2D eigenvalue weighted by atomic mass is 9.98. The number of hydrogen-bond donors (Lipinski definition) is 1. The van der Waals surface area contributed by atoms with E-state index in [9.17, 15) is 0 Å². The van der Waals surface area contributed by atoms with Crippen molar-refractivity contribution in [3.8, 4) is 5.75 Å². The molecule has 0 fully saturated rings. The molecule has 0 aromatic heterocycles. The molecule has 0 aliphatic carbocycles. The molecule has 2 nitrogen and oxygen atoms in total. The van der Waals surface area contributed by atoms with Crippen molar-refractivity contribution < 1.29 is 4.43 Å². The largest absolute Gasteiger partial charge is 0.543 e. The van der Waals surface area contributed by atoms with Crippen LogP contribution >= 0.6 is 0 Å². The highest BCUT2D eigenvalue weighted by atomic mass is 28.4. The van der Waals surface area contributed by atoms with Crippen LogP contribution in [0.5, 0.6) is 5.75 Å². The molecule has 0 radical (unpaired) electrons. The molecular formula is C16H27NOSi. The molecule has 2 rings (SSSR count). The van der Waals surface area contributed by atoms with Crippen molar-refractivity contribution in [2.75, 3.05) is 6.54 Å². The Labute approximate surface area is 118 Å². The first-order valence-corrected chi connectivity index (χ1v) is 10.1. The normalized spacial score (nSPS) is 16.1. The van der Waals surface area contributed by atoms with E-state index in [0.29, 0.717) is 0 Å². The lowest BCUT2D eigenvalue weighted by Crippen LogP contribution is -2.44. The Morgan fingerprint density at radius 2 is 1.84 bits per heavy atom. The van der Waals surface area contributed by atoms with Gasteiger partial charge in [0.05, 0.1) is 0 Å². The van der Waals surface area contributed by atoms with Crippen LogP contribution < -0.4 is 9.74 Å². The minimum absolute atomic E-state index is 0.247. The molecule has 0 saturated heterocycles. The van der Waals surface area contributed by atoms with Crippen molar-refractivity contribution in [1.82, 2.24) is 5.32 Å². The van der Waals surface area contributed by atoms with Gasteiger partial charge in [-0.15, -0.1) is 0 Å². The van der Waals surface area contributed by atoms with Gasteiger partial charge in [0, 0.05) is 6.54 Å². The second-order valence-electron chi connectivity index (χ2n) is 7.18. The summed E-state index contributed by atoms with van der Waals surface area (Å²) in [6.45, 7) is 15.7. The topological polar surface area (TPSA) is 21.3 Å². The average molecular weight is 277 g/mol. The van der Waals surface area contributed by atoms with Crippen LogP contribution in [0.25, 0.3) is 0 Å². The third kappa shape index (κ3) is 3.03. The van der Waals surface area contributed by atoms with Gasteiger partial charge in [0.2, 0.25) is 8.32 Å². The Morgan fingerprint density at radius 3 is 2.47 bits per heavy atom. The Balaban J connectivity index is 2.31.